The van der Waals surface area contributed by atoms with E-state index in [0.29, 0.717) is 44.2 Å². The highest BCUT2D eigenvalue weighted by molar-refractivity contribution is 6.31. The second-order valence-corrected chi connectivity index (χ2v) is 9.60. The number of aromatic hydroxyl groups is 1. The number of methoxy groups -OCH3 is 1. The molecule has 0 aliphatic heterocycles. The van der Waals surface area contributed by atoms with Crippen molar-refractivity contribution < 1.29 is 19.4 Å². The maximum absolute atomic E-state index is 13.3. The van der Waals surface area contributed by atoms with Gasteiger partial charge in [-0.15, -0.1) is 5.11 Å². The summed E-state index contributed by atoms with van der Waals surface area (Å²) in [6.45, 7) is 1.84. The molecule has 0 aromatic heterocycles. The van der Waals surface area contributed by atoms with E-state index in [9.17, 15) is 14.7 Å². The van der Waals surface area contributed by atoms with Crippen molar-refractivity contribution in [1.29, 1.82) is 0 Å². The molecule has 41 heavy (non-hydrogen) atoms. The van der Waals surface area contributed by atoms with Crippen LogP contribution in [0.1, 0.15) is 26.3 Å². The highest BCUT2D eigenvalue weighted by atomic mass is 35.5. The number of nitrogens with one attached hydrogen (secondary N) is 2. The normalized spacial score (nSPS) is 11.0. The number of anilines is 2. The average Bonchev–Trinajstić information content (AvgIpc) is 2.97. The van der Waals surface area contributed by atoms with E-state index >= 15 is 0 Å². The van der Waals surface area contributed by atoms with Gasteiger partial charge in [-0.05, 0) is 66.4 Å². The van der Waals surface area contributed by atoms with Crippen molar-refractivity contribution >= 4 is 56.9 Å². The van der Waals surface area contributed by atoms with Crippen molar-refractivity contribution in [3.63, 3.8) is 0 Å². The molecule has 0 fully saturated rings. The molecule has 0 saturated heterocycles. The van der Waals surface area contributed by atoms with Crippen LogP contribution >= 0.6 is 11.6 Å². The molecule has 0 radical (unpaired) electrons. The lowest BCUT2D eigenvalue weighted by atomic mass is 10.0. The zero-order chi connectivity index (χ0) is 28.9. The number of benzene rings is 5. The number of phenols is 1. The number of hydrogen-bond donors (Lipinski definition) is 3. The first-order valence-corrected chi connectivity index (χ1v) is 13.0. The highest BCUT2D eigenvalue weighted by Gasteiger charge is 2.20. The monoisotopic (exact) mass is 564 g/mol. The summed E-state index contributed by atoms with van der Waals surface area (Å²) in [5.74, 6) is -0.812. The SMILES string of the molecule is COc1ccc(Cl)cc1NC(=O)c1cc2ccccc2c(N=Nc2cc(C(=O)Nc3ccccc3)ccc2C)c1O. The van der Waals surface area contributed by atoms with Crippen molar-refractivity contribution in [3.05, 3.63) is 119 Å². The van der Waals surface area contributed by atoms with Crippen LogP contribution in [-0.2, 0) is 0 Å². The molecule has 0 aliphatic rings. The molecule has 0 spiro atoms. The van der Waals surface area contributed by atoms with E-state index in [2.05, 4.69) is 20.9 Å². The number of amides is 2. The van der Waals surface area contributed by atoms with Crippen molar-refractivity contribution in [3.8, 4) is 11.5 Å². The van der Waals surface area contributed by atoms with Gasteiger partial charge >= 0.3 is 0 Å². The number of aryl methyl sites for hydroxylation is 1. The van der Waals surface area contributed by atoms with E-state index < -0.39 is 5.91 Å². The molecule has 0 bridgehead atoms. The molecular weight excluding hydrogens is 540 g/mol. The molecule has 9 heteroatoms. The lowest BCUT2D eigenvalue weighted by molar-refractivity contribution is 0.101. The van der Waals surface area contributed by atoms with E-state index in [1.54, 1.807) is 66.7 Å². The van der Waals surface area contributed by atoms with Crippen LogP contribution in [-0.4, -0.2) is 24.0 Å². The summed E-state index contributed by atoms with van der Waals surface area (Å²) in [4.78, 5) is 26.2. The molecule has 0 unspecified atom stereocenters. The molecule has 0 saturated carbocycles. The maximum atomic E-state index is 13.3. The fraction of sp³-hybridized carbons (Fsp3) is 0.0625. The van der Waals surface area contributed by atoms with Crippen molar-refractivity contribution in [1.82, 2.24) is 0 Å². The molecule has 8 nitrogen and oxygen atoms in total. The second kappa shape index (κ2) is 11.9. The number of para-hydroxylation sites is 1. The van der Waals surface area contributed by atoms with Gasteiger partial charge in [0.15, 0.2) is 5.75 Å². The van der Waals surface area contributed by atoms with Crippen LogP contribution in [0.15, 0.2) is 107 Å². The molecule has 0 aliphatic carbocycles. The number of azo groups is 1. The Kier molecular flexibility index (Phi) is 7.94. The Morgan fingerprint density at radius 3 is 2.37 bits per heavy atom. The molecule has 0 heterocycles. The number of carbonyl (C=O) groups excluding carboxylic acids is 2. The smallest absolute Gasteiger partial charge is 0.259 e. The summed E-state index contributed by atoms with van der Waals surface area (Å²) in [6.07, 6.45) is 0. The quantitative estimate of drug-likeness (QED) is 0.172. The summed E-state index contributed by atoms with van der Waals surface area (Å²) < 4.78 is 5.32. The number of ether oxygens (including phenoxy) is 1. The standard InChI is InChI=1S/C32H25ClN4O4/c1-19-12-13-21(31(39)34-23-9-4-3-5-10-23)17-26(19)36-37-29-24-11-7-6-8-20(24)16-25(30(29)38)32(40)35-27-18-22(33)14-15-28(27)41-2/h3-18,38H,1-2H3,(H,34,39)(H,35,40). The molecule has 5 aromatic carbocycles. The number of nitrogens with zero attached hydrogens (tertiary/aromatic N) is 2. The molecule has 0 atom stereocenters. The minimum atomic E-state index is -0.582. The minimum Gasteiger partial charge on any atom is -0.505 e. The van der Waals surface area contributed by atoms with Crippen LogP contribution in [0.4, 0.5) is 22.7 Å². The van der Waals surface area contributed by atoms with Gasteiger partial charge < -0.3 is 20.5 Å². The lowest BCUT2D eigenvalue weighted by Crippen LogP contribution is -2.13. The Labute approximate surface area is 241 Å². The minimum absolute atomic E-state index is 0.00705. The Hall–Kier alpha value is -5.21. The first-order valence-electron chi connectivity index (χ1n) is 12.6. The van der Waals surface area contributed by atoms with Gasteiger partial charge in [-0.2, -0.15) is 5.11 Å². The molecular formula is C32H25ClN4O4. The molecule has 5 rings (SSSR count). The summed E-state index contributed by atoms with van der Waals surface area (Å²) in [5, 5.41) is 27.3. The predicted molar refractivity (Wildman–Crippen MR) is 161 cm³/mol. The van der Waals surface area contributed by atoms with Gasteiger partial charge in [0.1, 0.15) is 11.4 Å². The summed E-state index contributed by atoms with van der Waals surface area (Å²) >= 11 is 6.11. The van der Waals surface area contributed by atoms with E-state index in [1.807, 2.05) is 37.3 Å². The third-order valence-corrected chi connectivity index (χ3v) is 6.65. The summed E-state index contributed by atoms with van der Waals surface area (Å²) in [7, 11) is 1.48. The van der Waals surface area contributed by atoms with Gasteiger partial charge in [-0.3, -0.25) is 9.59 Å². The number of phenolic OH excluding ortho intramolecular Hbond substituents is 1. The van der Waals surface area contributed by atoms with Gasteiger partial charge in [0.05, 0.1) is 24.0 Å². The van der Waals surface area contributed by atoms with E-state index in [4.69, 9.17) is 16.3 Å². The predicted octanol–water partition coefficient (Wildman–Crippen LogP) is 8.44. The zero-order valence-corrected chi connectivity index (χ0v) is 22.9. The second-order valence-electron chi connectivity index (χ2n) is 9.16. The van der Waals surface area contributed by atoms with Crippen LogP contribution in [0.2, 0.25) is 5.02 Å². The van der Waals surface area contributed by atoms with E-state index in [1.165, 1.54) is 7.11 Å². The Morgan fingerprint density at radius 2 is 1.59 bits per heavy atom. The number of fused-ring (bicyclic) bond motifs is 1. The van der Waals surface area contributed by atoms with Gasteiger partial charge in [-0.25, -0.2) is 0 Å². The average molecular weight is 565 g/mol. The van der Waals surface area contributed by atoms with Crippen LogP contribution < -0.4 is 15.4 Å². The van der Waals surface area contributed by atoms with Crippen LogP contribution in [0.3, 0.4) is 0 Å². The van der Waals surface area contributed by atoms with Crippen molar-refractivity contribution in [2.75, 3.05) is 17.7 Å². The van der Waals surface area contributed by atoms with Crippen LogP contribution in [0.25, 0.3) is 10.8 Å². The number of carbonyl (C=O) groups is 2. The zero-order valence-electron chi connectivity index (χ0n) is 22.2. The van der Waals surface area contributed by atoms with Gasteiger partial charge in [0.2, 0.25) is 0 Å². The van der Waals surface area contributed by atoms with Gasteiger partial charge in [0.25, 0.3) is 11.8 Å². The molecule has 3 N–H and O–H groups in total. The topological polar surface area (TPSA) is 112 Å². The Balaban J connectivity index is 1.50. The lowest BCUT2D eigenvalue weighted by Gasteiger charge is -2.13. The van der Waals surface area contributed by atoms with Crippen molar-refractivity contribution in [2.24, 2.45) is 10.2 Å². The molecule has 5 aromatic rings. The van der Waals surface area contributed by atoms with Gasteiger partial charge in [-0.1, -0.05) is 60.1 Å². The largest absolute Gasteiger partial charge is 0.505 e. The number of halogens is 1. The molecule has 204 valence electrons. The van der Waals surface area contributed by atoms with Crippen LogP contribution in [0, 0.1) is 6.92 Å². The van der Waals surface area contributed by atoms with Crippen molar-refractivity contribution in [2.45, 2.75) is 6.92 Å². The summed E-state index contributed by atoms with van der Waals surface area (Å²) in [5.41, 5.74) is 2.73. The number of hydrogen-bond acceptors (Lipinski definition) is 6. The van der Waals surface area contributed by atoms with E-state index in [-0.39, 0.29) is 22.9 Å². The molecule has 2 amide bonds. The first kappa shape index (κ1) is 27.4. The number of rotatable bonds is 7. The third-order valence-electron chi connectivity index (χ3n) is 6.41. The maximum Gasteiger partial charge on any atom is 0.259 e. The van der Waals surface area contributed by atoms with E-state index in [0.717, 1.165) is 5.56 Å². The van der Waals surface area contributed by atoms with Crippen LogP contribution in [0.5, 0.6) is 11.5 Å². The Bertz CT molecular complexity index is 1810. The third kappa shape index (κ3) is 6.03. The fourth-order valence-corrected chi connectivity index (χ4v) is 4.42. The Morgan fingerprint density at radius 1 is 0.829 bits per heavy atom. The van der Waals surface area contributed by atoms with Gasteiger partial charge in [0, 0.05) is 21.7 Å². The summed E-state index contributed by atoms with van der Waals surface area (Å²) in [6, 6.07) is 27.9. The fourth-order valence-electron chi connectivity index (χ4n) is 4.25. The highest BCUT2D eigenvalue weighted by Crippen LogP contribution is 2.40. The first-order chi connectivity index (χ1) is 19.8.